The van der Waals surface area contributed by atoms with Gasteiger partial charge in [0, 0.05) is 25.2 Å². The van der Waals surface area contributed by atoms with E-state index >= 15 is 0 Å². The van der Waals surface area contributed by atoms with Crippen molar-refractivity contribution in [2.24, 2.45) is 0 Å². The maximum absolute atomic E-state index is 11.8. The minimum Gasteiger partial charge on any atom is -0.369 e. The van der Waals surface area contributed by atoms with E-state index < -0.39 is 5.91 Å². The number of amides is 2. The van der Waals surface area contributed by atoms with Crippen LogP contribution in [0.4, 0.5) is 5.82 Å². The fourth-order valence-electron chi connectivity index (χ4n) is 2.74. The second-order valence-electron chi connectivity index (χ2n) is 6.48. The summed E-state index contributed by atoms with van der Waals surface area (Å²) < 4.78 is 1.81. The van der Waals surface area contributed by atoms with Crippen LogP contribution in [0.25, 0.3) is 12.3 Å². The predicted octanol–water partition coefficient (Wildman–Crippen LogP) is 2.73. The van der Waals surface area contributed by atoms with Crippen LogP contribution in [-0.2, 0) is 16.0 Å². The third-order valence-electron chi connectivity index (χ3n) is 4.21. The van der Waals surface area contributed by atoms with E-state index in [2.05, 4.69) is 30.1 Å². The Morgan fingerprint density at radius 1 is 1.30 bits per heavy atom. The van der Waals surface area contributed by atoms with Crippen molar-refractivity contribution in [3.05, 3.63) is 36.3 Å². The second kappa shape index (κ2) is 14.7. The Kier molecular flexibility index (Phi) is 12.1. The van der Waals surface area contributed by atoms with Crippen LogP contribution >= 0.6 is 0 Å². The number of aromatic nitrogens is 2. The van der Waals surface area contributed by atoms with Crippen LogP contribution in [0.1, 0.15) is 50.5 Å². The molecule has 0 aliphatic heterocycles. The predicted molar refractivity (Wildman–Crippen MR) is 120 cm³/mol. The summed E-state index contributed by atoms with van der Waals surface area (Å²) in [7, 11) is 0. The van der Waals surface area contributed by atoms with Gasteiger partial charge >= 0.3 is 0 Å². The van der Waals surface area contributed by atoms with Crippen LogP contribution in [0, 0.1) is 12.3 Å². The molecule has 4 N–H and O–H groups in total. The normalized spacial score (nSPS) is 10.8. The van der Waals surface area contributed by atoms with Gasteiger partial charge in [-0.15, -0.1) is 6.42 Å². The van der Waals surface area contributed by atoms with Gasteiger partial charge in [0.05, 0.1) is 12.2 Å². The molecule has 0 aromatic carbocycles. The fourth-order valence-corrected chi connectivity index (χ4v) is 2.74. The summed E-state index contributed by atoms with van der Waals surface area (Å²) >= 11 is 0. The summed E-state index contributed by atoms with van der Waals surface area (Å²) in [5, 5.41) is 14.4. The van der Waals surface area contributed by atoms with Crippen LogP contribution in [0.5, 0.6) is 0 Å². The molecule has 0 saturated carbocycles. The number of anilines is 1. The first-order valence-electron chi connectivity index (χ1n) is 10.0. The maximum Gasteiger partial charge on any atom is 0.267 e. The molecule has 0 spiro atoms. The van der Waals surface area contributed by atoms with Gasteiger partial charge in [0.25, 0.3) is 5.91 Å². The molecule has 0 atom stereocenters. The number of terminal acetylenes is 1. The van der Waals surface area contributed by atoms with Crippen LogP contribution in [0.3, 0.4) is 0 Å². The Hall–Kier alpha value is -3.31. The van der Waals surface area contributed by atoms with E-state index in [4.69, 9.17) is 16.6 Å². The summed E-state index contributed by atoms with van der Waals surface area (Å²) in [4.78, 5) is 27.5. The van der Waals surface area contributed by atoms with E-state index in [1.807, 2.05) is 4.57 Å². The Labute approximate surface area is 178 Å². The zero-order chi connectivity index (χ0) is 22.2. The van der Waals surface area contributed by atoms with Gasteiger partial charge in [0.1, 0.15) is 11.6 Å². The number of aryl methyl sites for hydroxylation is 1. The van der Waals surface area contributed by atoms with E-state index in [0.717, 1.165) is 37.2 Å². The van der Waals surface area contributed by atoms with Crippen LogP contribution < -0.4 is 16.1 Å². The molecule has 0 fully saturated rings. The fraction of sp³-hybridized carbons (Fsp3) is 0.409. The number of imidazole rings is 1. The molecule has 1 heterocycles. The van der Waals surface area contributed by atoms with Gasteiger partial charge in [-0.05, 0) is 18.9 Å². The first-order chi connectivity index (χ1) is 14.6. The van der Waals surface area contributed by atoms with E-state index in [1.54, 1.807) is 18.4 Å². The van der Waals surface area contributed by atoms with E-state index in [1.165, 1.54) is 24.1 Å². The van der Waals surface area contributed by atoms with Gasteiger partial charge in [-0.3, -0.25) is 19.4 Å². The molecule has 30 heavy (non-hydrogen) atoms. The number of hydroxylamine groups is 1. The highest BCUT2D eigenvalue weighted by Gasteiger charge is 2.14. The topological polar surface area (TPSA) is 108 Å². The van der Waals surface area contributed by atoms with Crippen molar-refractivity contribution in [1.82, 2.24) is 20.3 Å². The molecule has 1 rings (SSSR count). The number of unbranched alkanes of at least 4 members (excludes halogenated alkanes) is 3. The smallest absolute Gasteiger partial charge is 0.267 e. The quantitative estimate of drug-likeness (QED) is 0.0937. The number of hydrogen-bond acceptors (Lipinski definition) is 5. The van der Waals surface area contributed by atoms with E-state index in [0.29, 0.717) is 12.4 Å². The van der Waals surface area contributed by atoms with Crippen molar-refractivity contribution in [2.75, 3.05) is 18.4 Å². The average molecular weight is 414 g/mol. The first-order valence-corrected chi connectivity index (χ1v) is 10.0. The molecule has 1 aromatic heterocycles. The first kappa shape index (κ1) is 24.7. The van der Waals surface area contributed by atoms with Gasteiger partial charge < -0.3 is 10.6 Å². The summed E-state index contributed by atoms with van der Waals surface area (Å²) in [6.07, 6.45) is 18.4. The molecule has 8 nitrogen and oxygen atoms in total. The second-order valence-corrected chi connectivity index (χ2v) is 6.48. The largest absolute Gasteiger partial charge is 0.369 e. The number of carbonyl (C=O) groups excluding carboxylic acids is 2. The number of allylic oxidation sites excluding steroid dienone is 2. The lowest BCUT2D eigenvalue weighted by Crippen LogP contribution is -2.25. The van der Waals surface area contributed by atoms with Crippen molar-refractivity contribution in [3.8, 4) is 12.3 Å². The summed E-state index contributed by atoms with van der Waals surface area (Å²) in [5.74, 6) is 3.07. The minimum atomic E-state index is -0.617. The lowest BCUT2D eigenvalue weighted by molar-refractivity contribution is -0.124. The van der Waals surface area contributed by atoms with Gasteiger partial charge in [-0.1, -0.05) is 50.8 Å². The molecule has 162 valence electrons. The number of nitrogens with one attached hydrogen (secondary N) is 3. The molecule has 1 aromatic rings. The summed E-state index contributed by atoms with van der Waals surface area (Å²) in [6.45, 7) is 6.67. The molecule has 0 saturated heterocycles. The number of nitrogens with zero attached hydrogens (tertiary/aromatic N) is 2. The van der Waals surface area contributed by atoms with E-state index in [9.17, 15) is 9.59 Å². The molecular weight excluding hydrogens is 382 g/mol. The molecule has 0 aliphatic rings. The Morgan fingerprint density at radius 2 is 2.10 bits per heavy atom. The van der Waals surface area contributed by atoms with Crippen molar-refractivity contribution in [3.63, 3.8) is 0 Å². The molecule has 2 amide bonds. The number of carbonyl (C=O) groups is 2. The van der Waals surface area contributed by atoms with Crippen molar-refractivity contribution in [1.29, 1.82) is 0 Å². The molecule has 0 radical (unpaired) electrons. The van der Waals surface area contributed by atoms with Gasteiger partial charge in [0.15, 0.2) is 0 Å². The Balaban J connectivity index is 2.95. The zero-order valence-electron chi connectivity index (χ0n) is 17.5. The van der Waals surface area contributed by atoms with E-state index in [-0.39, 0.29) is 18.9 Å². The SMILES string of the molecule is C#CCNC(=O)CCNc1c(CCCCCC)nc(C=CC=CC(=O)NO)n1C=C. The Morgan fingerprint density at radius 3 is 2.77 bits per heavy atom. The number of hydrogen-bond donors (Lipinski definition) is 4. The third-order valence-corrected chi connectivity index (χ3v) is 4.21. The summed E-state index contributed by atoms with van der Waals surface area (Å²) in [6, 6.07) is 0. The monoisotopic (exact) mass is 413 g/mol. The number of rotatable bonds is 14. The molecular formula is C22H31N5O3. The Bertz CT molecular complexity index is 802. The van der Waals surface area contributed by atoms with Crippen molar-refractivity contribution >= 4 is 29.9 Å². The van der Waals surface area contributed by atoms with Gasteiger partial charge in [-0.2, -0.15) is 0 Å². The highest BCUT2D eigenvalue weighted by molar-refractivity contribution is 5.86. The van der Waals surface area contributed by atoms with Crippen LogP contribution in [-0.4, -0.2) is 39.7 Å². The maximum atomic E-state index is 11.8. The highest BCUT2D eigenvalue weighted by atomic mass is 16.5. The minimum absolute atomic E-state index is 0.123. The lowest BCUT2D eigenvalue weighted by Gasteiger charge is -2.10. The standard InChI is InChI=1S/C22H31N5O3/c1-4-7-8-9-12-18-22(24-17-15-20(28)23-16-5-2)27(6-3)19(25-18)13-10-11-14-21(29)26-30/h2,6,10-11,13-14,24,30H,3-4,7-9,12,15-17H2,1H3,(H,23,28)(H,26,29). The molecule has 0 bridgehead atoms. The molecule has 0 aliphatic carbocycles. The molecule has 8 heteroatoms. The van der Waals surface area contributed by atoms with Crippen LogP contribution in [0.2, 0.25) is 0 Å². The third kappa shape index (κ3) is 8.80. The van der Waals surface area contributed by atoms with Crippen molar-refractivity contribution < 1.29 is 14.8 Å². The summed E-state index contributed by atoms with van der Waals surface area (Å²) in [5.41, 5.74) is 2.42. The molecule has 0 unspecified atom stereocenters. The van der Waals surface area contributed by atoms with Crippen LogP contribution in [0.15, 0.2) is 24.8 Å². The lowest BCUT2D eigenvalue weighted by atomic mass is 10.1. The van der Waals surface area contributed by atoms with Crippen molar-refractivity contribution in [2.45, 2.75) is 45.4 Å². The zero-order valence-corrected chi connectivity index (χ0v) is 17.5. The van der Waals surface area contributed by atoms with Gasteiger partial charge in [0.2, 0.25) is 5.91 Å². The average Bonchev–Trinajstić information content (AvgIpc) is 3.08. The van der Waals surface area contributed by atoms with Gasteiger partial charge in [-0.25, -0.2) is 10.5 Å². The highest BCUT2D eigenvalue weighted by Crippen LogP contribution is 2.22.